The monoisotopic (exact) mass is 232 g/mol. The topological polar surface area (TPSA) is 63.6 Å². The summed E-state index contributed by atoms with van der Waals surface area (Å²) in [6, 6.07) is 0. The van der Waals surface area contributed by atoms with E-state index >= 15 is 0 Å². The van der Waals surface area contributed by atoms with E-state index in [2.05, 4.69) is 18.6 Å². The van der Waals surface area contributed by atoms with Crippen LogP contribution in [0.15, 0.2) is 0 Å². The van der Waals surface area contributed by atoms with Crippen LogP contribution in [-0.4, -0.2) is 23.7 Å². The second kappa shape index (κ2) is 12.0. The van der Waals surface area contributed by atoms with Crippen LogP contribution in [0, 0.1) is 5.92 Å². The Morgan fingerprint density at radius 3 is 2.00 bits per heavy atom. The highest BCUT2D eigenvalue weighted by atomic mass is 16.5. The summed E-state index contributed by atoms with van der Waals surface area (Å²) in [6.07, 6.45) is 2.86. The minimum atomic E-state index is -1.15. The van der Waals surface area contributed by atoms with Crippen molar-refractivity contribution in [3.8, 4) is 0 Å². The summed E-state index contributed by atoms with van der Waals surface area (Å²) in [5.41, 5.74) is 0. The largest absolute Gasteiger partial charge is 0.481 e. The van der Waals surface area contributed by atoms with Gasteiger partial charge < -0.3 is 9.84 Å². The van der Waals surface area contributed by atoms with Crippen molar-refractivity contribution in [3.63, 3.8) is 0 Å². The van der Waals surface area contributed by atoms with Crippen LogP contribution in [-0.2, 0) is 14.3 Å². The molecule has 0 heterocycles. The van der Waals surface area contributed by atoms with Gasteiger partial charge in [0.25, 0.3) is 0 Å². The molecule has 0 fully saturated rings. The van der Waals surface area contributed by atoms with Gasteiger partial charge in [-0.25, -0.2) is 0 Å². The van der Waals surface area contributed by atoms with Crippen LogP contribution in [0.5, 0.6) is 0 Å². The molecule has 0 spiro atoms. The van der Waals surface area contributed by atoms with Crippen LogP contribution in [0.1, 0.15) is 53.4 Å². The van der Waals surface area contributed by atoms with Gasteiger partial charge in [-0.2, -0.15) is 0 Å². The van der Waals surface area contributed by atoms with E-state index in [-0.39, 0.29) is 0 Å². The van der Waals surface area contributed by atoms with Crippen molar-refractivity contribution < 1.29 is 19.4 Å². The summed E-state index contributed by atoms with van der Waals surface area (Å²) in [5, 5.41) is 8.19. The first-order valence-electron chi connectivity index (χ1n) is 5.81. The number of carbonyl (C=O) groups excluding carboxylic acids is 1. The lowest BCUT2D eigenvalue weighted by atomic mass is 10.1. The van der Waals surface area contributed by atoms with Gasteiger partial charge in [0.1, 0.15) is 6.42 Å². The smallest absolute Gasteiger partial charge is 0.317 e. The number of aliphatic carboxylic acids is 1. The summed E-state index contributed by atoms with van der Waals surface area (Å²) in [5.74, 6) is -1.35. The number of carboxylic acids is 1. The molecule has 0 aliphatic rings. The van der Waals surface area contributed by atoms with Crippen LogP contribution in [0.3, 0.4) is 0 Å². The standard InChI is InChI=1S/C8H14O4.C4H10/c1-6(2)3-4-12-8(11)5-7(9)10;1-3-4-2/h6H,3-5H2,1-2H3,(H,9,10);3-4H2,1-2H3. The second-order valence-electron chi connectivity index (χ2n) is 3.97. The molecule has 0 radical (unpaired) electrons. The molecule has 1 N–H and O–H groups in total. The quantitative estimate of drug-likeness (QED) is 0.565. The molecule has 0 bridgehead atoms. The minimum absolute atomic E-state index is 0.309. The normalized spacial score (nSPS) is 9.31. The van der Waals surface area contributed by atoms with Crippen molar-refractivity contribution in [3.05, 3.63) is 0 Å². The van der Waals surface area contributed by atoms with Gasteiger partial charge >= 0.3 is 11.9 Å². The number of unbranched alkanes of at least 4 members (excludes halogenated alkanes) is 1. The van der Waals surface area contributed by atoms with Gasteiger partial charge in [-0.15, -0.1) is 0 Å². The molecule has 0 saturated heterocycles. The Kier molecular flexibility index (Phi) is 13.0. The number of carbonyl (C=O) groups is 2. The molecule has 0 saturated carbocycles. The minimum Gasteiger partial charge on any atom is -0.481 e. The Hall–Kier alpha value is -1.06. The van der Waals surface area contributed by atoms with Crippen LogP contribution in [0.2, 0.25) is 0 Å². The Bertz CT molecular complexity index is 185. The maximum absolute atomic E-state index is 10.6. The van der Waals surface area contributed by atoms with E-state index in [0.717, 1.165) is 6.42 Å². The zero-order valence-corrected chi connectivity index (χ0v) is 10.8. The van der Waals surface area contributed by atoms with E-state index in [4.69, 9.17) is 5.11 Å². The number of carboxylic acid groups (broad SMARTS) is 1. The molecule has 4 nitrogen and oxygen atoms in total. The van der Waals surface area contributed by atoms with Crippen molar-refractivity contribution in [2.45, 2.75) is 53.4 Å². The molecule has 0 aliphatic heterocycles. The predicted octanol–water partition coefficient (Wildman–Crippen LogP) is 2.86. The van der Waals surface area contributed by atoms with Crippen molar-refractivity contribution in [2.75, 3.05) is 6.61 Å². The van der Waals surface area contributed by atoms with Crippen molar-refractivity contribution in [1.82, 2.24) is 0 Å². The summed E-state index contributed by atoms with van der Waals surface area (Å²) in [6.45, 7) is 8.68. The average Bonchev–Trinajstić information content (AvgIpc) is 2.16. The van der Waals surface area contributed by atoms with Gasteiger partial charge in [0.2, 0.25) is 0 Å². The lowest BCUT2D eigenvalue weighted by Gasteiger charge is -2.04. The highest BCUT2D eigenvalue weighted by molar-refractivity contribution is 5.90. The maximum atomic E-state index is 10.6. The SMILES string of the molecule is CC(C)CCOC(=O)CC(=O)O.CCCC. The fraction of sp³-hybridized carbons (Fsp3) is 0.833. The van der Waals surface area contributed by atoms with E-state index < -0.39 is 18.4 Å². The van der Waals surface area contributed by atoms with Gasteiger partial charge in [-0.3, -0.25) is 9.59 Å². The van der Waals surface area contributed by atoms with Crippen LogP contribution < -0.4 is 0 Å². The van der Waals surface area contributed by atoms with Crippen molar-refractivity contribution in [2.24, 2.45) is 5.92 Å². The number of hydrogen-bond donors (Lipinski definition) is 1. The fourth-order valence-corrected chi connectivity index (χ4v) is 0.583. The van der Waals surface area contributed by atoms with E-state index in [9.17, 15) is 9.59 Å². The molecule has 4 heteroatoms. The fourth-order valence-electron chi connectivity index (χ4n) is 0.583. The first-order chi connectivity index (χ1) is 7.43. The third kappa shape index (κ3) is 18.7. The molecular formula is C12H24O4. The molecule has 0 aromatic rings. The highest BCUT2D eigenvalue weighted by Crippen LogP contribution is 1.99. The number of esters is 1. The Morgan fingerprint density at radius 2 is 1.69 bits per heavy atom. The summed E-state index contributed by atoms with van der Waals surface area (Å²) in [7, 11) is 0. The Morgan fingerprint density at radius 1 is 1.19 bits per heavy atom. The zero-order valence-electron chi connectivity index (χ0n) is 10.8. The molecule has 16 heavy (non-hydrogen) atoms. The second-order valence-corrected chi connectivity index (χ2v) is 3.97. The molecule has 0 amide bonds. The lowest BCUT2D eigenvalue weighted by molar-refractivity contribution is -0.151. The molecule has 0 rings (SSSR count). The predicted molar refractivity (Wildman–Crippen MR) is 63.2 cm³/mol. The van der Waals surface area contributed by atoms with Crippen LogP contribution in [0.4, 0.5) is 0 Å². The van der Waals surface area contributed by atoms with Crippen molar-refractivity contribution >= 4 is 11.9 Å². The summed E-state index contributed by atoms with van der Waals surface area (Å²) < 4.78 is 4.64. The first-order valence-corrected chi connectivity index (χ1v) is 5.81. The van der Waals surface area contributed by atoms with Crippen LogP contribution >= 0.6 is 0 Å². The van der Waals surface area contributed by atoms with E-state index in [1.807, 2.05) is 13.8 Å². The summed E-state index contributed by atoms with van der Waals surface area (Å²) in [4.78, 5) is 20.6. The molecule has 96 valence electrons. The first kappa shape index (κ1) is 17.3. The number of ether oxygens (including phenoxy) is 1. The van der Waals surface area contributed by atoms with Gasteiger partial charge in [0, 0.05) is 0 Å². The molecule has 0 atom stereocenters. The molecule has 0 aromatic heterocycles. The summed E-state index contributed by atoms with van der Waals surface area (Å²) >= 11 is 0. The third-order valence-electron chi connectivity index (χ3n) is 1.75. The van der Waals surface area contributed by atoms with Gasteiger partial charge in [0.05, 0.1) is 6.61 Å². The average molecular weight is 232 g/mol. The Balaban J connectivity index is 0. The molecule has 0 unspecified atom stereocenters. The Labute approximate surface area is 98.0 Å². The highest BCUT2D eigenvalue weighted by Gasteiger charge is 2.08. The molecular weight excluding hydrogens is 208 g/mol. The number of rotatable bonds is 6. The van der Waals surface area contributed by atoms with Crippen molar-refractivity contribution in [1.29, 1.82) is 0 Å². The van der Waals surface area contributed by atoms with Gasteiger partial charge in [-0.1, -0.05) is 40.5 Å². The van der Waals surface area contributed by atoms with Crippen LogP contribution in [0.25, 0.3) is 0 Å². The van der Waals surface area contributed by atoms with Gasteiger partial charge in [0.15, 0.2) is 0 Å². The van der Waals surface area contributed by atoms with Gasteiger partial charge in [-0.05, 0) is 12.3 Å². The number of hydrogen-bond acceptors (Lipinski definition) is 3. The molecule has 0 aromatic carbocycles. The zero-order chi connectivity index (χ0) is 13.0. The third-order valence-corrected chi connectivity index (χ3v) is 1.75. The molecule has 0 aliphatic carbocycles. The van der Waals surface area contributed by atoms with E-state index in [1.54, 1.807) is 0 Å². The van der Waals surface area contributed by atoms with E-state index in [0.29, 0.717) is 12.5 Å². The lowest BCUT2D eigenvalue weighted by Crippen LogP contribution is -2.12. The van der Waals surface area contributed by atoms with E-state index in [1.165, 1.54) is 12.8 Å². The maximum Gasteiger partial charge on any atom is 0.317 e.